The lowest BCUT2D eigenvalue weighted by Crippen LogP contribution is -2.14. The lowest BCUT2D eigenvalue weighted by atomic mass is 10.2. The van der Waals surface area contributed by atoms with Crippen molar-refractivity contribution >= 4 is 22.6 Å². The van der Waals surface area contributed by atoms with Gasteiger partial charge in [0.2, 0.25) is 0 Å². The summed E-state index contributed by atoms with van der Waals surface area (Å²) in [7, 11) is 0. The minimum atomic E-state index is -0.283. The number of anilines is 1. The fraction of sp³-hybridized carbons (Fsp3) is 0.0526. The first-order valence-corrected chi connectivity index (χ1v) is 7.88. The average Bonchev–Trinajstić information content (AvgIpc) is 3.09. The second-order valence-electron chi connectivity index (χ2n) is 5.56. The molecule has 0 fully saturated rings. The number of fused-ring (bicyclic) bond motifs is 1. The number of pyridine rings is 2. The van der Waals surface area contributed by atoms with E-state index in [4.69, 9.17) is 0 Å². The van der Waals surface area contributed by atoms with Gasteiger partial charge in [-0.25, -0.2) is 4.98 Å². The molecule has 0 saturated carbocycles. The number of aromatic nitrogens is 4. The second kappa shape index (κ2) is 6.52. The van der Waals surface area contributed by atoms with E-state index < -0.39 is 0 Å². The number of carbonyl (C=O) groups is 1. The Kier molecular flexibility index (Phi) is 3.92. The van der Waals surface area contributed by atoms with Crippen molar-refractivity contribution in [2.45, 2.75) is 6.54 Å². The summed E-state index contributed by atoms with van der Waals surface area (Å²) in [6, 6.07) is 18.8. The van der Waals surface area contributed by atoms with Gasteiger partial charge < -0.3 is 5.32 Å². The molecule has 1 aromatic carbocycles. The number of benzene rings is 1. The Labute approximate surface area is 144 Å². The fourth-order valence-electron chi connectivity index (χ4n) is 2.55. The van der Waals surface area contributed by atoms with Crippen molar-refractivity contribution in [2.24, 2.45) is 0 Å². The van der Waals surface area contributed by atoms with Gasteiger partial charge in [0, 0.05) is 23.8 Å². The van der Waals surface area contributed by atoms with Crippen LogP contribution in [-0.4, -0.2) is 25.7 Å². The molecule has 0 aliphatic heterocycles. The number of rotatable bonds is 4. The van der Waals surface area contributed by atoms with Crippen LogP contribution in [0.15, 0.2) is 73.1 Å². The van der Waals surface area contributed by atoms with E-state index >= 15 is 0 Å². The molecule has 0 spiro atoms. The molecular formula is C19H15N5O. The van der Waals surface area contributed by atoms with Crippen LogP contribution in [0.25, 0.3) is 10.9 Å². The molecule has 3 aromatic heterocycles. The van der Waals surface area contributed by atoms with Crippen LogP contribution in [0.4, 0.5) is 5.82 Å². The van der Waals surface area contributed by atoms with E-state index in [1.54, 1.807) is 29.2 Å². The first kappa shape index (κ1) is 15.0. The summed E-state index contributed by atoms with van der Waals surface area (Å²) in [5.74, 6) is 0.199. The summed E-state index contributed by atoms with van der Waals surface area (Å²) in [6.45, 7) is 0.547. The number of amides is 1. The molecule has 6 heteroatoms. The normalized spacial score (nSPS) is 10.7. The van der Waals surface area contributed by atoms with E-state index in [0.717, 1.165) is 16.6 Å². The number of para-hydroxylation sites is 1. The third kappa shape index (κ3) is 3.37. The molecule has 0 radical (unpaired) electrons. The van der Waals surface area contributed by atoms with E-state index in [1.807, 2.05) is 48.5 Å². The second-order valence-corrected chi connectivity index (χ2v) is 5.56. The highest BCUT2D eigenvalue weighted by atomic mass is 16.1. The first-order chi connectivity index (χ1) is 12.3. The third-order valence-electron chi connectivity index (χ3n) is 3.76. The zero-order valence-electron chi connectivity index (χ0n) is 13.3. The number of hydrogen-bond donors (Lipinski definition) is 1. The molecule has 0 aliphatic rings. The van der Waals surface area contributed by atoms with Gasteiger partial charge in [0.05, 0.1) is 17.8 Å². The molecule has 4 aromatic rings. The molecule has 1 N–H and O–H groups in total. The van der Waals surface area contributed by atoms with Crippen LogP contribution in [0.5, 0.6) is 0 Å². The highest BCUT2D eigenvalue weighted by molar-refractivity contribution is 6.03. The van der Waals surface area contributed by atoms with Crippen molar-refractivity contribution in [3.63, 3.8) is 0 Å². The molecule has 0 unspecified atom stereocenters. The number of nitrogens with zero attached hydrogens (tertiary/aromatic N) is 4. The van der Waals surface area contributed by atoms with Crippen molar-refractivity contribution in [3.05, 3.63) is 84.4 Å². The number of hydrogen-bond acceptors (Lipinski definition) is 4. The monoisotopic (exact) mass is 329 g/mol. The summed E-state index contributed by atoms with van der Waals surface area (Å²) < 4.78 is 1.73. The highest BCUT2D eigenvalue weighted by Gasteiger charge is 2.10. The Morgan fingerprint density at radius 3 is 2.76 bits per heavy atom. The zero-order chi connectivity index (χ0) is 17.1. The highest BCUT2D eigenvalue weighted by Crippen LogP contribution is 2.13. The quantitative estimate of drug-likeness (QED) is 0.624. The lowest BCUT2D eigenvalue weighted by Gasteiger charge is -2.04. The molecule has 122 valence electrons. The minimum Gasteiger partial charge on any atom is -0.304 e. The van der Waals surface area contributed by atoms with Crippen LogP contribution in [0.3, 0.4) is 0 Å². The van der Waals surface area contributed by atoms with E-state index in [0.29, 0.717) is 18.1 Å². The SMILES string of the molecule is O=C(Nc1ccn(Cc2ccccn2)n1)c1ccc2ccccc2n1. The molecule has 6 nitrogen and oxygen atoms in total. The molecule has 0 saturated heterocycles. The van der Waals surface area contributed by atoms with Crippen molar-refractivity contribution in [3.8, 4) is 0 Å². The number of nitrogens with one attached hydrogen (secondary N) is 1. The van der Waals surface area contributed by atoms with Gasteiger partial charge in [-0.2, -0.15) is 5.10 Å². The van der Waals surface area contributed by atoms with E-state index in [9.17, 15) is 4.79 Å². The van der Waals surface area contributed by atoms with Crippen LogP contribution in [0, 0.1) is 0 Å². The zero-order valence-corrected chi connectivity index (χ0v) is 13.3. The Balaban J connectivity index is 1.48. The van der Waals surface area contributed by atoms with Crippen LogP contribution in [0.2, 0.25) is 0 Å². The topological polar surface area (TPSA) is 72.7 Å². The van der Waals surface area contributed by atoms with Gasteiger partial charge in [-0.15, -0.1) is 0 Å². The number of carbonyl (C=O) groups excluding carboxylic acids is 1. The van der Waals surface area contributed by atoms with Crippen molar-refractivity contribution in [2.75, 3.05) is 5.32 Å². The first-order valence-electron chi connectivity index (χ1n) is 7.88. The Morgan fingerprint density at radius 1 is 1.00 bits per heavy atom. The van der Waals surface area contributed by atoms with Crippen molar-refractivity contribution < 1.29 is 4.79 Å². The van der Waals surface area contributed by atoms with Crippen LogP contribution in [0.1, 0.15) is 16.2 Å². The predicted molar refractivity (Wildman–Crippen MR) is 95.3 cm³/mol. The van der Waals surface area contributed by atoms with Gasteiger partial charge in [0.15, 0.2) is 5.82 Å². The molecular weight excluding hydrogens is 314 g/mol. The Morgan fingerprint density at radius 2 is 1.88 bits per heavy atom. The van der Waals surface area contributed by atoms with Gasteiger partial charge in [-0.3, -0.25) is 14.5 Å². The molecule has 0 aliphatic carbocycles. The summed E-state index contributed by atoms with van der Waals surface area (Å²) in [5.41, 5.74) is 2.05. The average molecular weight is 329 g/mol. The maximum Gasteiger partial charge on any atom is 0.275 e. The van der Waals surface area contributed by atoms with E-state index in [2.05, 4.69) is 20.4 Å². The molecule has 1 amide bonds. The largest absolute Gasteiger partial charge is 0.304 e. The van der Waals surface area contributed by atoms with Crippen molar-refractivity contribution in [1.29, 1.82) is 0 Å². The third-order valence-corrected chi connectivity index (χ3v) is 3.76. The molecule has 4 rings (SSSR count). The summed E-state index contributed by atoms with van der Waals surface area (Å²) in [5, 5.41) is 8.12. The molecule has 3 heterocycles. The van der Waals surface area contributed by atoms with Gasteiger partial charge in [-0.05, 0) is 24.3 Å². The summed E-state index contributed by atoms with van der Waals surface area (Å²) in [4.78, 5) is 21.0. The van der Waals surface area contributed by atoms with Gasteiger partial charge in [0.25, 0.3) is 5.91 Å². The van der Waals surface area contributed by atoms with Gasteiger partial charge in [0.1, 0.15) is 5.69 Å². The maximum atomic E-state index is 12.4. The standard InChI is InChI=1S/C19H15N5O/c25-19(17-9-8-14-5-1-2-7-16(14)21-17)22-18-10-12-24(23-18)13-15-6-3-4-11-20-15/h1-12H,13H2,(H,22,23,25). The van der Waals surface area contributed by atoms with Crippen LogP contribution >= 0.6 is 0 Å². The molecule has 0 bridgehead atoms. The fourth-order valence-corrected chi connectivity index (χ4v) is 2.55. The predicted octanol–water partition coefficient (Wildman–Crippen LogP) is 3.13. The maximum absolute atomic E-state index is 12.4. The van der Waals surface area contributed by atoms with E-state index in [1.165, 1.54) is 0 Å². The van der Waals surface area contributed by atoms with Gasteiger partial charge in [-0.1, -0.05) is 30.3 Å². The minimum absolute atomic E-state index is 0.283. The van der Waals surface area contributed by atoms with Crippen LogP contribution < -0.4 is 5.32 Å². The van der Waals surface area contributed by atoms with Crippen molar-refractivity contribution in [1.82, 2.24) is 19.7 Å². The Bertz CT molecular complexity index is 1030. The van der Waals surface area contributed by atoms with Crippen LogP contribution in [-0.2, 0) is 6.54 Å². The molecule has 0 atom stereocenters. The summed E-state index contributed by atoms with van der Waals surface area (Å²) in [6.07, 6.45) is 3.55. The van der Waals surface area contributed by atoms with Gasteiger partial charge >= 0.3 is 0 Å². The van der Waals surface area contributed by atoms with E-state index in [-0.39, 0.29) is 5.91 Å². The molecule has 25 heavy (non-hydrogen) atoms. The smallest absolute Gasteiger partial charge is 0.275 e. The lowest BCUT2D eigenvalue weighted by molar-refractivity contribution is 0.102. The Hall–Kier alpha value is -3.54. The summed E-state index contributed by atoms with van der Waals surface area (Å²) >= 11 is 0.